The number of aromatic nitrogens is 3. The molecule has 2 rings (SSSR count). The number of nitrogens with one attached hydrogen (secondary N) is 1. The Hall–Kier alpha value is -1.43. The molecule has 0 spiro atoms. The molecule has 1 fully saturated rings. The highest BCUT2D eigenvalue weighted by atomic mass is 16.2. The molecule has 1 atom stereocenters. The predicted octanol–water partition coefficient (Wildman–Crippen LogP) is -0.511. The number of nitrogens with zero attached hydrogens (tertiary/aromatic N) is 4. The summed E-state index contributed by atoms with van der Waals surface area (Å²) in [5, 5.41) is 10.8. The van der Waals surface area contributed by atoms with Crippen molar-refractivity contribution in [3.05, 3.63) is 12.4 Å². The zero-order valence-corrected chi connectivity index (χ0v) is 9.46. The summed E-state index contributed by atoms with van der Waals surface area (Å²) in [4.78, 5) is 13.8. The molecule has 1 aromatic heterocycles. The van der Waals surface area contributed by atoms with E-state index in [1.807, 2.05) is 4.90 Å². The molecule has 1 aromatic rings. The molecule has 1 N–H and O–H groups in total. The third-order valence-electron chi connectivity index (χ3n) is 2.75. The van der Waals surface area contributed by atoms with Gasteiger partial charge in [0.2, 0.25) is 5.91 Å². The van der Waals surface area contributed by atoms with Crippen molar-refractivity contribution in [1.29, 1.82) is 0 Å². The van der Waals surface area contributed by atoms with E-state index in [4.69, 9.17) is 0 Å². The summed E-state index contributed by atoms with van der Waals surface area (Å²) in [5.74, 6) is 0.198. The number of rotatable bonds is 3. The molecular formula is C10H17N5O. The molecule has 1 aliphatic rings. The summed E-state index contributed by atoms with van der Waals surface area (Å²) < 4.78 is 1.68. The highest BCUT2D eigenvalue weighted by Crippen LogP contribution is 2.02. The Morgan fingerprint density at radius 2 is 2.50 bits per heavy atom. The van der Waals surface area contributed by atoms with Gasteiger partial charge < -0.3 is 10.2 Å². The molecule has 0 aromatic carbocycles. The van der Waals surface area contributed by atoms with E-state index < -0.39 is 0 Å². The number of hydrogen-bond donors (Lipinski definition) is 1. The second kappa shape index (κ2) is 5.07. The van der Waals surface area contributed by atoms with Gasteiger partial charge in [-0.15, -0.1) is 5.10 Å². The first-order chi connectivity index (χ1) is 7.75. The standard InChI is InChI=1S/C10H17N5O/c1-9-8-14(6-3-11-9)10(16)2-5-15-7-4-12-13-15/h4,7,9,11H,2-3,5-6,8H2,1H3. The van der Waals surface area contributed by atoms with E-state index in [2.05, 4.69) is 22.6 Å². The summed E-state index contributed by atoms with van der Waals surface area (Å²) in [6, 6.07) is 0.393. The molecule has 2 heterocycles. The molecule has 6 nitrogen and oxygen atoms in total. The number of carbonyl (C=O) groups excluding carboxylic acids is 1. The summed E-state index contributed by atoms with van der Waals surface area (Å²) in [6.07, 6.45) is 3.89. The Morgan fingerprint density at radius 1 is 1.62 bits per heavy atom. The minimum absolute atomic E-state index is 0.198. The Labute approximate surface area is 94.6 Å². The van der Waals surface area contributed by atoms with Gasteiger partial charge in [-0.05, 0) is 6.92 Å². The van der Waals surface area contributed by atoms with Crippen LogP contribution >= 0.6 is 0 Å². The van der Waals surface area contributed by atoms with Crippen LogP contribution in [0.25, 0.3) is 0 Å². The second-order valence-electron chi connectivity index (χ2n) is 4.11. The highest BCUT2D eigenvalue weighted by Gasteiger charge is 2.19. The van der Waals surface area contributed by atoms with E-state index in [-0.39, 0.29) is 5.91 Å². The molecule has 1 amide bonds. The first kappa shape index (κ1) is 11.1. The first-order valence-electron chi connectivity index (χ1n) is 5.61. The van der Waals surface area contributed by atoms with E-state index in [9.17, 15) is 4.79 Å². The predicted molar refractivity (Wildman–Crippen MR) is 58.7 cm³/mol. The lowest BCUT2D eigenvalue weighted by atomic mass is 10.2. The highest BCUT2D eigenvalue weighted by molar-refractivity contribution is 5.76. The van der Waals surface area contributed by atoms with Crippen molar-refractivity contribution in [3.63, 3.8) is 0 Å². The molecule has 16 heavy (non-hydrogen) atoms. The fourth-order valence-corrected chi connectivity index (χ4v) is 1.88. The van der Waals surface area contributed by atoms with Gasteiger partial charge in [0.15, 0.2) is 0 Å². The molecule has 6 heteroatoms. The quantitative estimate of drug-likeness (QED) is 0.749. The van der Waals surface area contributed by atoms with E-state index in [1.54, 1.807) is 17.1 Å². The van der Waals surface area contributed by atoms with Crippen LogP contribution in [0.15, 0.2) is 12.4 Å². The summed E-state index contributed by atoms with van der Waals surface area (Å²) in [7, 11) is 0. The van der Waals surface area contributed by atoms with Crippen molar-refractivity contribution in [2.24, 2.45) is 0 Å². The summed E-state index contributed by atoms with van der Waals surface area (Å²) >= 11 is 0. The van der Waals surface area contributed by atoms with Gasteiger partial charge in [0.1, 0.15) is 0 Å². The van der Waals surface area contributed by atoms with Crippen LogP contribution in [0.3, 0.4) is 0 Å². The van der Waals surface area contributed by atoms with Gasteiger partial charge in [-0.3, -0.25) is 9.48 Å². The molecule has 0 radical (unpaired) electrons. The number of aryl methyl sites for hydroxylation is 1. The third kappa shape index (κ3) is 2.79. The van der Waals surface area contributed by atoms with Gasteiger partial charge in [0.05, 0.1) is 12.7 Å². The maximum absolute atomic E-state index is 11.9. The molecule has 0 bridgehead atoms. The van der Waals surface area contributed by atoms with Crippen LogP contribution in [0, 0.1) is 0 Å². The maximum Gasteiger partial charge on any atom is 0.224 e. The van der Waals surface area contributed by atoms with Crippen molar-refractivity contribution >= 4 is 5.91 Å². The number of amides is 1. The monoisotopic (exact) mass is 223 g/mol. The normalized spacial score (nSPS) is 21.1. The smallest absolute Gasteiger partial charge is 0.224 e. The summed E-state index contributed by atoms with van der Waals surface area (Å²) in [6.45, 7) is 5.20. The topological polar surface area (TPSA) is 63.1 Å². The van der Waals surface area contributed by atoms with Crippen molar-refractivity contribution in [3.8, 4) is 0 Å². The zero-order valence-electron chi connectivity index (χ0n) is 9.46. The number of hydrogen-bond acceptors (Lipinski definition) is 4. The van der Waals surface area contributed by atoms with Crippen LogP contribution in [0.5, 0.6) is 0 Å². The van der Waals surface area contributed by atoms with Crippen molar-refractivity contribution < 1.29 is 4.79 Å². The largest absolute Gasteiger partial charge is 0.340 e. The first-order valence-corrected chi connectivity index (χ1v) is 5.61. The van der Waals surface area contributed by atoms with Gasteiger partial charge >= 0.3 is 0 Å². The SMILES string of the molecule is CC1CN(C(=O)CCn2ccnn2)CCN1. The van der Waals surface area contributed by atoms with Crippen LogP contribution in [-0.2, 0) is 11.3 Å². The van der Waals surface area contributed by atoms with Gasteiger partial charge in [0, 0.05) is 38.3 Å². The molecule has 88 valence electrons. The number of piperazine rings is 1. The molecular weight excluding hydrogens is 206 g/mol. The van der Waals surface area contributed by atoms with Gasteiger partial charge in [-0.1, -0.05) is 5.21 Å². The van der Waals surface area contributed by atoms with Crippen LogP contribution in [0.1, 0.15) is 13.3 Å². The van der Waals surface area contributed by atoms with Gasteiger partial charge in [-0.25, -0.2) is 0 Å². The lowest BCUT2D eigenvalue weighted by molar-refractivity contribution is -0.132. The minimum atomic E-state index is 0.198. The van der Waals surface area contributed by atoms with Crippen LogP contribution in [-0.4, -0.2) is 51.5 Å². The molecule has 1 aliphatic heterocycles. The third-order valence-corrected chi connectivity index (χ3v) is 2.75. The second-order valence-corrected chi connectivity index (χ2v) is 4.11. The minimum Gasteiger partial charge on any atom is -0.340 e. The lowest BCUT2D eigenvalue weighted by Crippen LogP contribution is -2.51. The van der Waals surface area contributed by atoms with E-state index in [0.717, 1.165) is 19.6 Å². The fraction of sp³-hybridized carbons (Fsp3) is 0.700. The molecule has 1 saturated heterocycles. The Balaban J connectivity index is 1.79. The Bertz CT molecular complexity index is 337. The van der Waals surface area contributed by atoms with E-state index in [1.165, 1.54) is 0 Å². The van der Waals surface area contributed by atoms with Crippen molar-refractivity contribution in [2.75, 3.05) is 19.6 Å². The van der Waals surface area contributed by atoms with Gasteiger partial charge in [-0.2, -0.15) is 0 Å². The zero-order chi connectivity index (χ0) is 11.4. The summed E-state index contributed by atoms with van der Waals surface area (Å²) in [5.41, 5.74) is 0. The van der Waals surface area contributed by atoms with Crippen LogP contribution < -0.4 is 5.32 Å². The van der Waals surface area contributed by atoms with Crippen LogP contribution in [0.2, 0.25) is 0 Å². The maximum atomic E-state index is 11.9. The average molecular weight is 223 g/mol. The van der Waals surface area contributed by atoms with E-state index >= 15 is 0 Å². The molecule has 0 saturated carbocycles. The Morgan fingerprint density at radius 3 is 3.19 bits per heavy atom. The number of carbonyl (C=O) groups is 1. The lowest BCUT2D eigenvalue weighted by Gasteiger charge is -2.31. The van der Waals surface area contributed by atoms with Crippen molar-refractivity contribution in [1.82, 2.24) is 25.2 Å². The fourth-order valence-electron chi connectivity index (χ4n) is 1.88. The van der Waals surface area contributed by atoms with Crippen LogP contribution in [0.4, 0.5) is 0 Å². The Kier molecular flexibility index (Phi) is 3.51. The average Bonchev–Trinajstić information content (AvgIpc) is 2.78. The molecule has 1 unspecified atom stereocenters. The van der Waals surface area contributed by atoms with Crippen molar-refractivity contribution in [2.45, 2.75) is 25.9 Å². The molecule has 0 aliphatic carbocycles. The van der Waals surface area contributed by atoms with Gasteiger partial charge in [0.25, 0.3) is 0 Å². The van der Waals surface area contributed by atoms with E-state index in [0.29, 0.717) is 19.0 Å².